The van der Waals surface area contributed by atoms with Crippen molar-refractivity contribution in [2.75, 3.05) is 5.43 Å². The summed E-state index contributed by atoms with van der Waals surface area (Å²) in [5, 5.41) is 5.24. The van der Waals surface area contributed by atoms with Gasteiger partial charge < -0.3 is 0 Å². The molecule has 0 aromatic heterocycles. The van der Waals surface area contributed by atoms with Crippen LogP contribution < -0.4 is 5.43 Å². The van der Waals surface area contributed by atoms with Gasteiger partial charge in [0.25, 0.3) is 0 Å². The first-order valence-corrected chi connectivity index (χ1v) is 7.26. The van der Waals surface area contributed by atoms with E-state index in [1.807, 2.05) is 24.3 Å². The largest absolute Gasteiger partial charge is 0.278 e. The van der Waals surface area contributed by atoms with Crippen LogP contribution in [-0.4, -0.2) is 5.71 Å². The first-order chi connectivity index (χ1) is 9.22. The number of benzene rings is 2. The lowest BCUT2D eigenvalue weighted by Crippen LogP contribution is -1.99. The van der Waals surface area contributed by atoms with E-state index in [2.05, 4.69) is 44.7 Å². The van der Waals surface area contributed by atoms with E-state index in [4.69, 9.17) is 11.6 Å². The number of aryl methyl sites for hydroxylation is 1. The minimum absolute atomic E-state index is 0.730. The fraction of sp³-hybridized carbons (Fsp3) is 0.133. The summed E-state index contributed by atoms with van der Waals surface area (Å²) in [5.41, 5.74) is 7.73. The van der Waals surface area contributed by atoms with Crippen molar-refractivity contribution in [1.29, 1.82) is 0 Å². The zero-order valence-electron chi connectivity index (χ0n) is 10.2. The maximum absolute atomic E-state index is 5.85. The number of rotatable bonds is 2. The molecule has 4 heteroatoms. The first kappa shape index (κ1) is 12.7. The molecule has 0 saturated heterocycles. The summed E-state index contributed by atoms with van der Waals surface area (Å²) in [6, 6.07) is 13.9. The van der Waals surface area contributed by atoms with Crippen molar-refractivity contribution in [2.45, 2.75) is 12.8 Å². The minimum atomic E-state index is 0.730. The molecule has 0 atom stereocenters. The molecule has 0 radical (unpaired) electrons. The van der Waals surface area contributed by atoms with Crippen LogP contribution in [0.3, 0.4) is 0 Å². The van der Waals surface area contributed by atoms with Gasteiger partial charge in [-0.1, -0.05) is 33.6 Å². The van der Waals surface area contributed by atoms with Crippen LogP contribution in [0.15, 0.2) is 52.0 Å². The number of hydrogen-bond acceptors (Lipinski definition) is 2. The molecule has 0 unspecified atom stereocenters. The van der Waals surface area contributed by atoms with Gasteiger partial charge in [-0.2, -0.15) is 5.10 Å². The molecule has 0 aliphatic heterocycles. The van der Waals surface area contributed by atoms with Crippen molar-refractivity contribution in [2.24, 2.45) is 5.10 Å². The predicted molar refractivity (Wildman–Crippen MR) is 84.1 cm³/mol. The molecular formula is C15H12BrClN2. The molecule has 96 valence electrons. The average Bonchev–Trinajstić information content (AvgIpc) is 2.80. The second-order valence-corrected chi connectivity index (χ2v) is 5.83. The molecule has 1 N–H and O–H groups in total. The Morgan fingerprint density at radius 3 is 2.63 bits per heavy atom. The topological polar surface area (TPSA) is 24.4 Å². The quantitative estimate of drug-likeness (QED) is 0.778. The van der Waals surface area contributed by atoms with E-state index < -0.39 is 0 Å². The fourth-order valence-corrected chi connectivity index (χ4v) is 2.68. The third-order valence-corrected chi connectivity index (χ3v) is 3.92. The Morgan fingerprint density at radius 2 is 1.84 bits per heavy atom. The zero-order chi connectivity index (χ0) is 13.2. The summed E-state index contributed by atoms with van der Waals surface area (Å²) < 4.78 is 1.09. The van der Waals surface area contributed by atoms with Crippen LogP contribution in [0.1, 0.15) is 17.5 Å². The summed E-state index contributed by atoms with van der Waals surface area (Å²) >= 11 is 9.36. The maximum Gasteiger partial charge on any atom is 0.0685 e. The Hall–Kier alpha value is -1.32. The van der Waals surface area contributed by atoms with Crippen LogP contribution in [-0.2, 0) is 6.42 Å². The van der Waals surface area contributed by atoms with E-state index in [1.165, 1.54) is 11.1 Å². The number of hydrazone groups is 1. The molecule has 19 heavy (non-hydrogen) atoms. The Balaban J connectivity index is 1.83. The third kappa shape index (κ3) is 2.82. The number of hydrogen-bond donors (Lipinski definition) is 1. The second kappa shape index (κ2) is 5.35. The van der Waals surface area contributed by atoms with Crippen LogP contribution in [0, 0.1) is 0 Å². The average molecular weight is 336 g/mol. The summed E-state index contributed by atoms with van der Waals surface area (Å²) in [6.45, 7) is 0. The lowest BCUT2D eigenvalue weighted by Gasteiger charge is -2.04. The summed E-state index contributed by atoms with van der Waals surface area (Å²) in [4.78, 5) is 0. The highest BCUT2D eigenvalue weighted by Gasteiger charge is 2.17. The van der Waals surface area contributed by atoms with Gasteiger partial charge in [0.2, 0.25) is 0 Å². The van der Waals surface area contributed by atoms with Crippen molar-refractivity contribution in [3.63, 3.8) is 0 Å². The van der Waals surface area contributed by atoms with Gasteiger partial charge in [0.1, 0.15) is 0 Å². The standard InChI is InChI=1S/C15H12BrClN2/c16-11-3-1-10-2-8-15(14(10)9-11)19-18-13-6-4-12(17)5-7-13/h1,3-7,9,18H,2,8H2/b19-15-. The van der Waals surface area contributed by atoms with Gasteiger partial charge in [0.05, 0.1) is 11.4 Å². The summed E-state index contributed by atoms with van der Waals surface area (Å²) in [7, 11) is 0. The normalized spacial score (nSPS) is 15.6. The van der Waals surface area contributed by atoms with Gasteiger partial charge in [0, 0.05) is 15.1 Å². The SMILES string of the molecule is Clc1ccc(N/N=C2/CCc3ccc(Br)cc32)cc1. The van der Waals surface area contributed by atoms with Crippen LogP contribution in [0.5, 0.6) is 0 Å². The number of anilines is 1. The maximum atomic E-state index is 5.85. The molecule has 3 rings (SSSR count). The molecule has 1 aliphatic carbocycles. The Labute approximate surface area is 125 Å². The van der Waals surface area contributed by atoms with Crippen LogP contribution in [0.2, 0.25) is 5.02 Å². The number of fused-ring (bicyclic) bond motifs is 1. The van der Waals surface area contributed by atoms with Gasteiger partial charge in [-0.3, -0.25) is 5.43 Å². The van der Waals surface area contributed by atoms with E-state index >= 15 is 0 Å². The predicted octanol–water partition coefficient (Wildman–Crippen LogP) is 4.86. The zero-order valence-corrected chi connectivity index (χ0v) is 12.5. The highest BCUT2D eigenvalue weighted by Crippen LogP contribution is 2.26. The van der Waals surface area contributed by atoms with Gasteiger partial charge in [-0.25, -0.2) is 0 Å². The van der Waals surface area contributed by atoms with Gasteiger partial charge >= 0.3 is 0 Å². The molecule has 0 spiro atoms. The van der Waals surface area contributed by atoms with Crippen molar-refractivity contribution in [3.8, 4) is 0 Å². The molecule has 2 nitrogen and oxygen atoms in total. The molecule has 2 aromatic carbocycles. The van der Waals surface area contributed by atoms with E-state index in [0.717, 1.165) is 33.7 Å². The molecule has 0 bridgehead atoms. The lowest BCUT2D eigenvalue weighted by atomic mass is 10.1. The smallest absolute Gasteiger partial charge is 0.0685 e. The van der Waals surface area contributed by atoms with Crippen LogP contribution in [0.25, 0.3) is 0 Å². The molecular weight excluding hydrogens is 324 g/mol. The van der Waals surface area contributed by atoms with E-state index in [0.29, 0.717) is 0 Å². The van der Waals surface area contributed by atoms with Gasteiger partial charge in [-0.15, -0.1) is 0 Å². The highest BCUT2D eigenvalue weighted by molar-refractivity contribution is 9.10. The molecule has 0 amide bonds. The van der Waals surface area contributed by atoms with Crippen molar-refractivity contribution in [3.05, 3.63) is 63.1 Å². The minimum Gasteiger partial charge on any atom is -0.278 e. The van der Waals surface area contributed by atoms with Crippen LogP contribution >= 0.6 is 27.5 Å². The number of nitrogens with one attached hydrogen (secondary N) is 1. The Morgan fingerprint density at radius 1 is 1.05 bits per heavy atom. The summed E-state index contributed by atoms with van der Waals surface area (Å²) in [5.74, 6) is 0. The molecule has 0 heterocycles. The van der Waals surface area contributed by atoms with Crippen molar-refractivity contribution >= 4 is 38.9 Å². The van der Waals surface area contributed by atoms with Gasteiger partial charge in [-0.05, 0) is 54.8 Å². The van der Waals surface area contributed by atoms with E-state index in [9.17, 15) is 0 Å². The molecule has 1 aliphatic rings. The van der Waals surface area contributed by atoms with E-state index in [1.54, 1.807) is 0 Å². The fourth-order valence-electron chi connectivity index (χ4n) is 2.20. The molecule has 2 aromatic rings. The van der Waals surface area contributed by atoms with Crippen molar-refractivity contribution in [1.82, 2.24) is 0 Å². The third-order valence-electron chi connectivity index (χ3n) is 3.18. The number of halogens is 2. The van der Waals surface area contributed by atoms with E-state index in [-0.39, 0.29) is 0 Å². The number of nitrogens with zero attached hydrogens (tertiary/aromatic N) is 1. The van der Waals surface area contributed by atoms with Crippen molar-refractivity contribution < 1.29 is 0 Å². The Bertz CT molecular complexity index is 635. The molecule has 0 fully saturated rings. The monoisotopic (exact) mass is 334 g/mol. The molecule has 0 saturated carbocycles. The van der Waals surface area contributed by atoms with Crippen LogP contribution in [0.4, 0.5) is 5.69 Å². The lowest BCUT2D eigenvalue weighted by molar-refractivity contribution is 1.09. The Kier molecular flexibility index (Phi) is 3.58. The van der Waals surface area contributed by atoms with Gasteiger partial charge in [0.15, 0.2) is 0 Å². The first-order valence-electron chi connectivity index (χ1n) is 6.09. The highest BCUT2D eigenvalue weighted by atomic mass is 79.9. The second-order valence-electron chi connectivity index (χ2n) is 4.48. The summed E-state index contributed by atoms with van der Waals surface area (Å²) in [6.07, 6.45) is 2.04.